The molecule has 8 heteroatoms. The summed E-state index contributed by atoms with van der Waals surface area (Å²) in [6.07, 6.45) is 0. The van der Waals surface area contributed by atoms with Crippen LogP contribution < -0.4 is 5.32 Å². The van der Waals surface area contributed by atoms with E-state index in [1.807, 2.05) is 35.7 Å². The predicted molar refractivity (Wildman–Crippen MR) is 120 cm³/mol. The number of carbonyl (C=O) groups excluding carboxylic acids is 2. The van der Waals surface area contributed by atoms with Gasteiger partial charge < -0.3 is 10.1 Å². The summed E-state index contributed by atoms with van der Waals surface area (Å²) in [5.41, 5.74) is 2.04. The molecule has 0 aliphatic heterocycles. The summed E-state index contributed by atoms with van der Waals surface area (Å²) < 4.78 is 5.26. The standard InChI is InChI=1S/C22H14Cl2N2O3S/c23-13-7-8-16(24)18(10-13)26-21(27)12-29-22(28)15-11-19(20-6-3-9-30-20)25-17-5-2-1-4-14(15)17/h1-11H,12H2,(H,26,27). The fraction of sp³-hybridized carbons (Fsp3) is 0.0455. The average Bonchev–Trinajstić information content (AvgIpc) is 3.29. The van der Waals surface area contributed by atoms with Gasteiger partial charge in [-0.1, -0.05) is 47.5 Å². The molecular weight excluding hydrogens is 443 g/mol. The fourth-order valence-electron chi connectivity index (χ4n) is 2.88. The van der Waals surface area contributed by atoms with Crippen LogP contribution in [-0.2, 0) is 9.53 Å². The molecule has 1 amide bonds. The van der Waals surface area contributed by atoms with Crippen LogP contribution in [0.5, 0.6) is 0 Å². The Bertz CT molecular complexity index is 1240. The number of nitrogens with zero attached hydrogens (tertiary/aromatic N) is 1. The number of fused-ring (bicyclic) bond motifs is 1. The third-order valence-electron chi connectivity index (χ3n) is 4.25. The van der Waals surface area contributed by atoms with Gasteiger partial charge in [0.25, 0.3) is 5.91 Å². The first-order valence-electron chi connectivity index (χ1n) is 8.87. The summed E-state index contributed by atoms with van der Waals surface area (Å²) >= 11 is 13.5. The molecule has 0 unspecified atom stereocenters. The van der Waals surface area contributed by atoms with Crippen LogP contribution >= 0.6 is 34.5 Å². The van der Waals surface area contributed by atoms with Crippen molar-refractivity contribution < 1.29 is 14.3 Å². The van der Waals surface area contributed by atoms with Crippen LogP contribution in [0.4, 0.5) is 5.69 Å². The lowest BCUT2D eigenvalue weighted by molar-refractivity contribution is -0.119. The van der Waals surface area contributed by atoms with Crippen molar-refractivity contribution in [2.45, 2.75) is 0 Å². The summed E-state index contributed by atoms with van der Waals surface area (Å²) in [5, 5.41) is 5.94. The van der Waals surface area contributed by atoms with Gasteiger partial charge in [0.1, 0.15) is 0 Å². The van der Waals surface area contributed by atoms with Crippen molar-refractivity contribution in [1.82, 2.24) is 4.98 Å². The zero-order chi connectivity index (χ0) is 21.1. The summed E-state index contributed by atoms with van der Waals surface area (Å²) in [5.74, 6) is -1.14. The molecule has 5 nitrogen and oxygen atoms in total. The molecule has 4 rings (SSSR count). The third kappa shape index (κ3) is 4.46. The second kappa shape index (κ2) is 8.83. The maximum Gasteiger partial charge on any atom is 0.339 e. The van der Waals surface area contributed by atoms with E-state index in [2.05, 4.69) is 10.3 Å². The number of carbonyl (C=O) groups is 2. The quantitative estimate of drug-likeness (QED) is 0.370. The van der Waals surface area contributed by atoms with E-state index in [1.165, 1.54) is 17.4 Å². The fourth-order valence-corrected chi connectivity index (χ4v) is 3.91. The second-order valence-corrected chi connectivity index (χ2v) is 8.09. The summed E-state index contributed by atoms with van der Waals surface area (Å²) in [4.78, 5) is 30.6. The number of aromatic nitrogens is 1. The highest BCUT2D eigenvalue weighted by atomic mass is 35.5. The molecule has 2 heterocycles. The normalized spacial score (nSPS) is 10.7. The lowest BCUT2D eigenvalue weighted by Gasteiger charge is -2.10. The van der Waals surface area contributed by atoms with Gasteiger partial charge in [-0.2, -0.15) is 0 Å². The lowest BCUT2D eigenvalue weighted by Crippen LogP contribution is -2.21. The minimum absolute atomic E-state index is 0.333. The van der Waals surface area contributed by atoms with Crippen molar-refractivity contribution in [3.8, 4) is 10.6 Å². The largest absolute Gasteiger partial charge is 0.452 e. The smallest absolute Gasteiger partial charge is 0.339 e. The molecule has 2 aromatic heterocycles. The topological polar surface area (TPSA) is 68.3 Å². The van der Waals surface area contributed by atoms with Gasteiger partial charge in [0, 0.05) is 10.4 Å². The van der Waals surface area contributed by atoms with Gasteiger partial charge in [-0.3, -0.25) is 4.79 Å². The summed E-state index contributed by atoms with van der Waals surface area (Å²) in [6.45, 7) is -0.466. The molecule has 0 saturated carbocycles. The first-order valence-corrected chi connectivity index (χ1v) is 10.5. The van der Waals surface area contributed by atoms with Crippen LogP contribution in [0.3, 0.4) is 0 Å². The molecule has 0 aliphatic carbocycles. The highest BCUT2D eigenvalue weighted by molar-refractivity contribution is 7.13. The lowest BCUT2D eigenvalue weighted by atomic mass is 10.1. The number of hydrogen-bond acceptors (Lipinski definition) is 5. The van der Waals surface area contributed by atoms with E-state index in [9.17, 15) is 9.59 Å². The van der Waals surface area contributed by atoms with Gasteiger partial charge in [0.2, 0.25) is 0 Å². The summed E-state index contributed by atoms with van der Waals surface area (Å²) in [7, 11) is 0. The first-order chi connectivity index (χ1) is 14.5. The van der Waals surface area contributed by atoms with Gasteiger partial charge in [0.05, 0.1) is 32.4 Å². The van der Waals surface area contributed by atoms with Crippen LogP contribution in [-0.4, -0.2) is 23.5 Å². The number of halogens is 2. The first kappa shape index (κ1) is 20.3. The summed E-state index contributed by atoms with van der Waals surface area (Å²) in [6, 6.07) is 17.5. The molecule has 0 spiro atoms. The van der Waals surface area contributed by atoms with E-state index in [4.69, 9.17) is 27.9 Å². The Kier molecular flexibility index (Phi) is 5.99. The Morgan fingerprint density at radius 2 is 1.87 bits per heavy atom. The number of amides is 1. The van der Waals surface area contributed by atoms with Crippen LogP contribution in [0, 0.1) is 0 Å². The van der Waals surface area contributed by atoms with E-state index < -0.39 is 18.5 Å². The highest BCUT2D eigenvalue weighted by Crippen LogP contribution is 2.28. The molecule has 0 atom stereocenters. The number of esters is 1. The zero-order valence-corrected chi connectivity index (χ0v) is 17.7. The van der Waals surface area contributed by atoms with Crippen molar-refractivity contribution in [3.63, 3.8) is 0 Å². The number of nitrogens with one attached hydrogen (secondary N) is 1. The van der Waals surface area contributed by atoms with Crippen LogP contribution in [0.2, 0.25) is 10.0 Å². The number of hydrogen-bond donors (Lipinski definition) is 1. The van der Waals surface area contributed by atoms with E-state index in [-0.39, 0.29) is 0 Å². The van der Waals surface area contributed by atoms with Gasteiger partial charge in [-0.05, 0) is 41.8 Å². The number of benzene rings is 2. The average molecular weight is 457 g/mol. The molecule has 4 aromatic rings. The molecule has 0 fully saturated rings. The number of para-hydroxylation sites is 1. The van der Waals surface area contributed by atoms with E-state index in [0.29, 0.717) is 37.9 Å². The van der Waals surface area contributed by atoms with Crippen molar-refractivity contribution in [1.29, 1.82) is 0 Å². The Morgan fingerprint density at radius 3 is 2.67 bits per heavy atom. The van der Waals surface area contributed by atoms with Crippen LogP contribution in [0.1, 0.15) is 10.4 Å². The SMILES string of the molecule is O=C(COC(=O)c1cc(-c2cccs2)nc2ccccc12)Nc1cc(Cl)ccc1Cl. The van der Waals surface area contributed by atoms with Crippen molar-refractivity contribution >= 4 is 63.0 Å². The van der Waals surface area contributed by atoms with Crippen molar-refractivity contribution in [2.24, 2.45) is 0 Å². The molecule has 30 heavy (non-hydrogen) atoms. The Labute approximate surface area is 186 Å². The second-order valence-electron chi connectivity index (χ2n) is 6.30. The van der Waals surface area contributed by atoms with Gasteiger partial charge in [0.15, 0.2) is 6.61 Å². The Balaban J connectivity index is 1.54. The van der Waals surface area contributed by atoms with Crippen LogP contribution in [0.15, 0.2) is 66.0 Å². The molecular formula is C22H14Cl2N2O3S. The Hall–Kier alpha value is -2.93. The molecule has 2 aromatic carbocycles. The van der Waals surface area contributed by atoms with E-state index >= 15 is 0 Å². The molecule has 0 bridgehead atoms. The minimum atomic E-state index is -0.612. The zero-order valence-electron chi connectivity index (χ0n) is 15.4. The van der Waals surface area contributed by atoms with Crippen molar-refractivity contribution in [3.05, 3.63) is 81.7 Å². The molecule has 0 aliphatic rings. The number of pyridine rings is 1. The number of ether oxygens (including phenoxy) is 1. The third-order valence-corrected chi connectivity index (χ3v) is 5.70. The molecule has 0 saturated heterocycles. The monoisotopic (exact) mass is 456 g/mol. The molecule has 1 N–H and O–H groups in total. The predicted octanol–water partition coefficient (Wildman–Crippen LogP) is 6.07. The highest BCUT2D eigenvalue weighted by Gasteiger charge is 2.17. The van der Waals surface area contributed by atoms with Gasteiger partial charge in [-0.15, -0.1) is 11.3 Å². The number of rotatable bonds is 5. The number of anilines is 1. The van der Waals surface area contributed by atoms with E-state index in [1.54, 1.807) is 24.3 Å². The maximum atomic E-state index is 12.8. The number of thiophene rings is 1. The van der Waals surface area contributed by atoms with Crippen molar-refractivity contribution in [2.75, 3.05) is 11.9 Å². The Morgan fingerprint density at radius 1 is 1.03 bits per heavy atom. The van der Waals surface area contributed by atoms with Gasteiger partial charge in [-0.25, -0.2) is 9.78 Å². The van der Waals surface area contributed by atoms with Gasteiger partial charge >= 0.3 is 5.97 Å². The van der Waals surface area contributed by atoms with Crippen LogP contribution in [0.25, 0.3) is 21.5 Å². The van der Waals surface area contributed by atoms with E-state index in [0.717, 1.165) is 4.88 Å². The minimum Gasteiger partial charge on any atom is -0.452 e. The maximum absolute atomic E-state index is 12.8. The molecule has 0 radical (unpaired) electrons. The molecule has 150 valence electrons.